The van der Waals surface area contributed by atoms with Crippen LogP contribution in [-0.2, 0) is 25.7 Å². The number of esters is 1. The molecule has 0 spiro atoms. The summed E-state index contributed by atoms with van der Waals surface area (Å²) in [7, 11) is 2.27. The molecule has 2 heterocycles. The molecular weight excluding hydrogens is 539 g/mol. The van der Waals surface area contributed by atoms with Gasteiger partial charge in [0.05, 0.1) is 39.5 Å². The Morgan fingerprint density at radius 2 is 1.88 bits per heavy atom. The van der Waals surface area contributed by atoms with Gasteiger partial charge in [0.1, 0.15) is 31.0 Å². The molecule has 1 aliphatic rings. The van der Waals surface area contributed by atoms with E-state index in [-0.39, 0.29) is 30.6 Å². The first-order valence-corrected chi connectivity index (χ1v) is 10.9. The summed E-state index contributed by atoms with van der Waals surface area (Å²) < 4.78 is 19.4. The van der Waals surface area contributed by atoms with Gasteiger partial charge in [-0.3, -0.25) is 9.52 Å². The lowest BCUT2D eigenvalue weighted by molar-refractivity contribution is -0.917. The number of rotatable bonds is 9. The first-order chi connectivity index (χ1) is 15.2. The fourth-order valence-electron chi connectivity index (χ4n) is 3.43. The fourth-order valence-corrected chi connectivity index (χ4v) is 3.43. The summed E-state index contributed by atoms with van der Waals surface area (Å²) in [6.45, 7) is 10.9. The van der Waals surface area contributed by atoms with E-state index in [1.165, 1.54) is 0 Å². The van der Waals surface area contributed by atoms with Gasteiger partial charge < -0.3 is 42.7 Å². The maximum atomic E-state index is 12.1. The van der Waals surface area contributed by atoms with Crippen LogP contribution < -0.4 is 34.6 Å². The van der Waals surface area contributed by atoms with Crippen molar-refractivity contribution in [3.8, 4) is 16.9 Å². The lowest BCUT2D eigenvalue weighted by Gasteiger charge is -2.37. The van der Waals surface area contributed by atoms with Crippen molar-refractivity contribution in [1.29, 1.82) is 0 Å². The highest BCUT2D eigenvalue weighted by Gasteiger charge is 2.27. The minimum absolute atomic E-state index is 0. The molecule has 2 aromatic rings. The number of carbonyl (C=O) groups is 1. The number of aromatic nitrogens is 2. The fraction of sp³-hybridized carbons (Fsp3) is 0.565. The van der Waals surface area contributed by atoms with Crippen molar-refractivity contribution in [2.24, 2.45) is 5.90 Å². The third kappa shape index (κ3) is 8.53. The van der Waals surface area contributed by atoms with Gasteiger partial charge >= 0.3 is 5.97 Å². The number of hydrogen-bond donors (Lipinski definition) is 1. The average Bonchev–Trinajstić information content (AvgIpc) is 3.22. The van der Waals surface area contributed by atoms with Crippen LogP contribution in [-0.4, -0.2) is 78.4 Å². The molecule has 1 aliphatic heterocycles. The first kappa shape index (κ1) is 27.5. The van der Waals surface area contributed by atoms with E-state index in [4.69, 9.17) is 24.9 Å². The molecule has 0 radical (unpaired) electrons. The van der Waals surface area contributed by atoms with Gasteiger partial charge in [0.15, 0.2) is 0 Å². The van der Waals surface area contributed by atoms with E-state index in [2.05, 4.69) is 18.3 Å². The molecule has 0 saturated carbocycles. The average molecular weight is 574 g/mol. The number of nitrogens with two attached hydrogens (primary N) is 1. The van der Waals surface area contributed by atoms with Crippen molar-refractivity contribution in [2.45, 2.75) is 39.0 Å². The van der Waals surface area contributed by atoms with Crippen molar-refractivity contribution >= 4 is 5.97 Å². The van der Waals surface area contributed by atoms with Crippen molar-refractivity contribution in [2.75, 3.05) is 46.5 Å². The molecule has 10 heteroatoms. The van der Waals surface area contributed by atoms with E-state index < -0.39 is 17.7 Å². The van der Waals surface area contributed by atoms with Crippen LogP contribution in [0.1, 0.15) is 20.8 Å². The molecule has 33 heavy (non-hydrogen) atoms. The van der Waals surface area contributed by atoms with E-state index in [1.807, 2.05) is 35.1 Å². The Morgan fingerprint density at radius 1 is 1.21 bits per heavy atom. The largest absolute Gasteiger partial charge is 1.00 e. The number of morpholine rings is 1. The zero-order chi connectivity index (χ0) is 23.2. The molecule has 1 aromatic heterocycles. The van der Waals surface area contributed by atoms with Crippen LogP contribution in [0, 0.1) is 0 Å². The van der Waals surface area contributed by atoms with Crippen molar-refractivity contribution in [3.63, 3.8) is 0 Å². The molecular formula is C23H35IN4O5. The Labute approximate surface area is 212 Å². The Hall–Kier alpha value is -1.73. The third-order valence-electron chi connectivity index (χ3n) is 5.48. The van der Waals surface area contributed by atoms with E-state index in [9.17, 15) is 4.79 Å². The number of hydrogen-bond acceptors (Lipinski definition) is 7. The van der Waals surface area contributed by atoms with Gasteiger partial charge in [0, 0.05) is 11.8 Å². The monoisotopic (exact) mass is 574 g/mol. The van der Waals surface area contributed by atoms with E-state index >= 15 is 0 Å². The molecule has 0 unspecified atom stereocenters. The molecule has 2 N–H and O–H groups in total. The van der Waals surface area contributed by atoms with Gasteiger partial charge in [-0.1, -0.05) is 12.1 Å². The lowest BCUT2D eigenvalue weighted by atomic mass is 10.1. The molecule has 1 atom stereocenters. The van der Waals surface area contributed by atoms with Gasteiger partial charge in [0.2, 0.25) is 6.10 Å². The smallest absolute Gasteiger partial charge is 0.341 e. The van der Waals surface area contributed by atoms with Gasteiger partial charge in [-0.2, -0.15) is 5.10 Å². The second-order valence-electron chi connectivity index (χ2n) is 9.39. The molecule has 1 fully saturated rings. The van der Waals surface area contributed by atoms with Gasteiger partial charge in [-0.05, 0) is 38.5 Å². The van der Waals surface area contributed by atoms with Crippen molar-refractivity contribution < 1.29 is 52.3 Å². The Balaban J connectivity index is 0.00000385. The summed E-state index contributed by atoms with van der Waals surface area (Å²) in [5.74, 6) is 5.29. The van der Waals surface area contributed by atoms with Gasteiger partial charge in [0.25, 0.3) is 0 Å². The number of halogens is 1. The molecule has 3 rings (SSSR count). The molecule has 1 aromatic carbocycles. The standard InChI is InChI=1S/C23H35N4O5.HI/c1-23(2,3)31-22(28)21(32-24)17-30-20-7-5-18(6-8-20)19-15-25-26(16-19)9-10-27(4)11-13-29-14-12-27;/h5-8,15-16,21H,9-14,17,24H2,1-4H3;1H/q+1;/p-1/t21-;/m0./s1. The summed E-state index contributed by atoms with van der Waals surface area (Å²) in [6, 6.07) is 7.60. The molecule has 1 saturated heterocycles. The highest BCUT2D eigenvalue weighted by Crippen LogP contribution is 2.22. The van der Waals surface area contributed by atoms with Crippen LogP contribution in [0.2, 0.25) is 0 Å². The summed E-state index contributed by atoms with van der Waals surface area (Å²) in [4.78, 5) is 16.8. The number of carbonyl (C=O) groups excluding carboxylic acids is 1. The van der Waals surface area contributed by atoms with Gasteiger partial charge in [-0.15, -0.1) is 0 Å². The number of nitrogens with zero attached hydrogens (tertiary/aromatic N) is 3. The summed E-state index contributed by atoms with van der Waals surface area (Å²) in [5.41, 5.74) is 1.45. The molecule has 9 nitrogen and oxygen atoms in total. The number of benzene rings is 1. The molecule has 0 amide bonds. The van der Waals surface area contributed by atoms with E-state index in [1.54, 1.807) is 20.8 Å². The predicted molar refractivity (Wildman–Crippen MR) is 120 cm³/mol. The number of ether oxygens (including phenoxy) is 3. The quantitative estimate of drug-likeness (QED) is 0.178. The van der Waals surface area contributed by atoms with Crippen molar-refractivity contribution in [3.05, 3.63) is 36.7 Å². The second kappa shape index (κ2) is 12.1. The summed E-state index contributed by atoms with van der Waals surface area (Å²) in [5, 5.41) is 4.51. The maximum absolute atomic E-state index is 12.1. The van der Waals surface area contributed by atoms with Crippen molar-refractivity contribution in [1.82, 2.24) is 9.78 Å². The molecule has 0 bridgehead atoms. The number of quaternary nitrogens is 1. The van der Waals surface area contributed by atoms with E-state index in [0.29, 0.717) is 5.75 Å². The van der Waals surface area contributed by atoms with E-state index in [0.717, 1.165) is 55.0 Å². The topological polar surface area (TPSA) is 97.8 Å². The molecule has 0 aliphatic carbocycles. The minimum atomic E-state index is -0.997. The predicted octanol–water partition coefficient (Wildman–Crippen LogP) is -0.990. The Bertz CT molecular complexity index is 876. The van der Waals surface area contributed by atoms with Crippen LogP contribution >= 0.6 is 0 Å². The second-order valence-corrected chi connectivity index (χ2v) is 9.39. The highest BCUT2D eigenvalue weighted by atomic mass is 127. The molecule has 184 valence electrons. The zero-order valence-electron chi connectivity index (χ0n) is 19.8. The van der Waals surface area contributed by atoms with Gasteiger partial charge in [-0.25, -0.2) is 10.7 Å². The van der Waals surface area contributed by atoms with Crippen LogP contribution in [0.5, 0.6) is 5.75 Å². The summed E-state index contributed by atoms with van der Waals surface area (Å²) >= 11 is 0. The minimum Gasteiger partial charge on any atom is -1.00 e. The first-order valence-electron chi connectivity index (χ1n) is 10.9. The normalized spacial score (nSPS) is 16.5. The summed E-state index contributed by atoms with van der Waals surface area (Å²) in [6.07, 6.45) is 2.93. The van der Waals surface area contributed by atoms with Crippen LogP contribution in [0.25, 0.3) is 11.1 Å². The van der Waals surface area contributed by atoms with Crippen LogP contribution in [0.15, 0.2) is 36.7 Å². The number of likely N-dealkylation sites (N-methyl/N-ethyl adjacent to an activating group) is 1. The van der Waals surface area contributed by atoms with Crippen LogP contribution in [0.4, 0.5) is 0 Å². The van der Waals surface area contributed by atoms with Crippen LogP contribution in [0.3, 0.4) is 0 Å². The Morgan fingerprint density at radius 3 is 2.48 bits per heavy atom. The SMILES string of the molecule is CC(C)(C)OC(=O)[C@H](COc1ccc(-c2cnn(CC[N+]3(C)CCOCC3)c2)cc1)ON.[I-]. The third-order valence-corrected chi connectivity index (χ3v) is 5.48. The maximum Gasteiger partial charge on any atom is 0.341 e. The Kier molecular flexibility index (Phi) is 10.1. The lowest BCUT2D eigenvalue weighted by Crippen LogP contribution is -3.00. The highest BCUT2D eigenvalue weighted by molar-refractivity contribution is 5.75. The zero-order valence-corrected chi connectivity index (χ0v) is 22.0.